The summed E-state index contributed by atoms with van der Waals surface area (Å²) in [7, 11) is 0. The van der Waals surface area contributed by atoms with E-state index in [4.69, 9.17) is 10.4 Å². The van der Waals surface area contributed by atoms with Crippen LogP contribution in [0, 0.1) is 11.3 Å². The maximum Gasteiger partial charge on any atom is 0.303 e. The van der Waals surface area contributed by atoms with E-state index in [1.165, 1.54) is 12.1 Å². The van der Waals surface area contributed by atoms with Crippen molar-refractivity contribution in [1.29, 1.82) is 5.26 Å². The maximum atomic E-state index is 12.0. The Labute approximate surface area is 132 Å². The van der Waals surface area contributed by atoms with E-state index < -0.39 is 23.8 Å². The van der Waals surface area contributed by atoms with Crippen LogP contribution in [0.1, 0.15) is 18.4 Å². The molecule has 1 unspecified atom stereocenters. The molecule has 0 saturated heterocycles. The summed E-state index contributed by atoms with van der Waals surface area (Å²) in [6.07, 6.45) is -0.430. The predicted molar refractivity (Wildman–Crippen MR) is 79.2 cm³/mol. The highest BCUT2D eigenvalue weighted by molar-refractivity contribution is 5.89. The van der Waals surface area contributed by atoms with Crippen LogP contribution in [0.15, 0.2) is 24.3 Å². The lowest BCUT2D eigenvalue weighted by atomic mass is 10.0. The van der Waals surface area contributed by atoms with E-state index >= 15 is 0 Å². The first-order valence-corrected chi connectivity index (χ1v) is 6.86. The lowest BCUT2D eigenvalue weighted by molar-refractivity contribution is -0.139. The van der Waals surface area contributed by atoms with Crippen molar-refractivity contribution in [2.24, 2.45) is 0 Å². The van der Waals surface area contributed by atoms with E-state index in [2.05, 4.69) is 10.6 Å². The molecule has 0 fully saturated rings. The van der Waals surface area contributed by atoms with E-state index in [0.717, 1.165) is 0 Å². The quantitative estimate of drug-likeness (QED) is 0.494. The highest BCUT2D eigenvalue weighted by Gasteiger charge is 2.21. The maximum absolute atomic E-state index is 12.0. The number of carboxylic acids is 1. The van der Waals surface area contributed by atoms with Gasteiger partial charge in [0.25, 0.3) is 0 Å². The number of aliphatic carboxylic acids is 1. The first kappa shape index (κ1) is 18.0. The normalized spacial score (nSPS) is 11.1. The summed E-state index contributed by atoms with van der Waals surface area (Å²) >= 11 is 0. The molecule has 1 aromatic carbocycles. The van der Waals surface area contributed by atoms with Gasteiger partial charge < -0.3 is 20.8 Å². The average Bonchev–Trinajstić information content (AvgIpc) is 2.52. The van der Waals surface area contributed by atoms with Gasteiger partial charge in [-0.1, -0.05) is 12.1 Å². The summed E-state index contributed by atoms with van der Waals surface area (Å²) in [5.74, 6) is -2.14. The number of phenolic OH excluding ortho intramolecular Hbond substituents is 1. The molecule has 0 aliphatic heterocycles. The van der Waals surface area contributed by atoms with E-state index in [0.29, 0.717) is 5.56 Å². The zero-order chi connectivity index (χ0) is 17.2. The van der Waals surface area contributed by atoms with Crippen LogP contribution in [-0.4, -0.2) is 40.6 Å². The smallest absolute Gasteiger partial charge is 0.303 e. The second kappa shape index (κ2) is 9.04. The first-order chi connectivity index (χ1) is 10.9. The number of phenols is 1. The van der Waals surface area contributed by atoms with Crippen molar-refractivity contribution in [3.8, 4) is 11.8 Å². The molecular weight excluding hydrogens is 302 g/mol. The van der Waals surface area contributed by atoms with Gasteiger partial charge in [0.05, 0.1) is 12.5 Å². The largest absolute Gasteiger partial charge is 0.508 e. The second-order valence-corrected chi connectivity index (χ2v) is 4.76. The Hall–Kier alpha value is -3.08. The number of carbonyl (C=O) groups is 3. The van der Waals surface area contributed by atoms with Crippen LogP contribution in [0.2, 0.25) is 0 Å². The second-order valence-electron chi connectivity index (χ2n) is 4.76. The van der Waals surface area contributed by atoms with Gasteiger partial charge in [-0.05, 0) is 17.7 Å². The molecule has 122 valence electrons. The van der Waals surface area contributed by atoms with E-state index in [1.54, 1.807) is 18.2 Å². The number of nitrogens with one attached hydrogen (secondary N) is 2. The Morgan fingerprint density at radius 3 is 2.39 bits per heavy atom. The number of nitrogens with zero attached hydrogens (tertiary/aromatic N) is 1. The summed E-state index contributed by atoms with van der Waals surface area (Å²) in [5, 5.41) is 31.1. The molecule has 2 amide bonds. The molecule has 23 heavy (non-hydrogen) atoms. The predicted octanol–water partition coefficient (Wildman–Crippen LogP) is -0.0759. The summed E-state index contributed by atoms with van der Waals surface area (Å²) in [6, 6.07) is 6.93. The van der Waals surface area contributed by atoms with Gasteiger partial charge in [0.2, 0.25) is 11.8 Å². The van der Waals surface area contributed by atoms with Crippen molar-refractivity contribution >= 4 is 17.8 Å². The van der Waals surface area contributed by atoms with Crippen molar-refractivity contribution in [3.05, 3.63) is 29.8 Å². The van der Waals surface area contributed by atoms with Crippen LogP contribution in [-0.2, 0) is 20.8 Å². The van der Waals surface area contributed by atoms with Gasteiger partial charge >= 0.3 is 5.97 Å². The van der Waals surface area contributed by atoms with E-state index in [-0.39, 0.29) is 31.6 Å². The van der Waals surface area contributed by atoms with Crippen molar-refractivity contribution in [1.82, 2.24) is 10.6 Å². The minimum atomic E-state index is -1.11. The topological polar surface area (TPSA) is 140 Å². The fourth-order valence-electron chi connectivity index (χ4n) is 1.81. The molecule has 1 atom stereocenters. The highest BCUT2D eigenvalue weighted by atomic mass is 16.4. The molecule has 0 saturated carbocycles. The highest BCUT2D eigenvalue weighted by Crippen LogP contribution is 2.11. The van der Waals surface area contributed by atoms with Crippen LogP contribution >= 0.6 is 0 Å². The SMILES string of the molecule is N#CCNC(=O)C(Cc1ccc(O)cc1)NC(=O)CCC(=O)O. The summed E-state index contributed by atoms with van der Waals surface area (Å²) in [4.78, 5) is 34.2. The number of carboxylic acid groups (broad SMARTS) is 1. The fourth-order valence-corrected chi connectivity index (χ4v) is 1.81. The molecule has 0 heterocycles. The Bertz CT molecular complexity index is 607. The van der Waals surface area contributed by atoms with Gasteiger partial charge in [0, 0.05) is 12.8 Å². The number of benzene rings is 1. The van der Waals surface area contributed by atoms with E-state index in [1.807, 2.05) is 0 Å². The van der Waals surface area contributed by atoms with Gasteiger partial charge in [0.1, 0.15) is 18.3 Å². The molecule has 0 aromatic heterocycles. The van der Waals surface area contributed by atoms with Gasteiger partial charge in [-0.2, -0.15) is 5.26 Å². The number of amides is 2. The fraction of sp³-hybridized carbons (Fsp3) is 0.333. The molecule has 8 heteroatoms. The molecule has 0 spiro atoms. The van der Waals surface area contributed by atoms with Crippen LogP contribution in [0.4, 0.5) is 0 Å². The zero-order valence-corrected chi connectivity index (χ0v) is 12.3. The minimum Gasteiger partial charge on any atom is -0.508 e. The minimum absolute atomic E-state index is 0.0738. The Balaban J connectivity index is 2.73. The standard InChI is InChI=1S/C15H17N3O5/c16-7-8-17-15(23)12(18-13(20)5-6-14(21)22)9-10-1-3-11(19)4-2-10/h1-4,12,19H,5-6,8-9H2,(H,17,23)(H,18,20)(H,21,22). The van der Waals surface area contributed by atoms with Crippen LogP contribution < -0.4 is 10.6 Å². The molecule has 1 rings (SSSR count). The summed E-state index contributed by atoms with van der Waals surface area (Å²) in [6.45, 7) is -0.199. The van der Waals surface area contributed by atoms with Crippen LogP contribution in [0.25, 0.3) is 0 Å². The Morgan fingerprint density at radius 1 is 1.17 bits per heavy atom. The summed E-state index contributed by atoms with van der Waals surface area (Å²) in [5.41, 5.74) is 0.693. The molecule has 0 bridgehead atoms. The zero-order valence-electron chi connectivity index (χ0n) is 12.3. The Kier molecular flexibility index (Phi) is 7.07. The average molecular weight is 319 g/mol. The number of hydrogen-bond acceptors (Lipinski definition) is 5. The third-order valence-electron chi connectivity index (χ3n) is 2.94. The molecule has 0 aliphatic rings. The number of carbonyl (C=O) groups excluding carboxylic acids is 2. The molecule has 1 aromatic rings. The van der Waals surface area contributed by atoms with Gasteiger partial charge in [0.15, 0.2) is 0 Å². The van der Waals surface area contributed by atoms with Crippen molar-refractivity contribution < 1.29 is 24.6 Å². The third-order valence-corrected chi connectivity index (χ3v) is 2.94. The summed E-state index contributed by atoms with van der Waals surface area (Å²) < 4.78 is 0. The number of nitriles is 1. The van der Waals surface area contributed by atoms with Crippen LogP contribution in [0.3, 0.4) is 0 Å². The first-order valence-electron chi connectivity index (χ1n) is 6.86. The van der Waals surface area contributed by atoms with Crippen molar-refractivity contribution in [2.45, 2.75) is 25.3 Å². The van der Waals surface area contributed by atoms with Crippen LogP contribution in [0.5, 0.6) is 5.75 Å². The van der Waals surface area contributed by atoms with Crippen molar-refractivity contribution in [2.75, 3.05) is 6.54 Å². The third kappa shape index (κ3) is 6.95. The molecular formula is C15H17N3O5. The number of aromatic hydroxyl groups is 1. The lowest BCUT2D eigenvalue weighted by Crippen LogP contribution is -2.48. The van der Waals surface area contributed by atoms with E-state index in [9.17, 15) is 19.5 Å². The molecule has 8 nitrogen and oxygen atoms in total. The Morgan fingerprint density at radius 2 is 1.83 bits per heavy atom. The van der Waals surface area contributed by atoms with Gasteiger partial charge in [-0.25, -0.2) is 0 Å². The number of rotatable bonds is 8. The molecule has 0 aliphatic carbocycles. The molecule has 4 N–H and O–H groups in total. The van der Waals surface area contributed by atoms with Gasteiger partial charge in [-0.15, -0.1) is 0 Å². The molecule has 0 radical (unpaired) electrons. The van der Waals surface area contributed by atoms with Gasteiger partial charge in [-0.3, -0.25) is 14.4 Å². The number of hydrogen-bond donors (Lipinski definition) is 4. The lowest BCUT2D eigenvalue weighted by Gasteiger charge is -2.18. The van der Waals surface area contributed by atoms with Crippen molar-refractivity contribution in [3.63, 3.8) is 0 Å². The monoisotopic (exact) mass is 319 g/mol.